The van der Waals surface area contributed by atoms with Gasteiger partial charge in [0.25, 0.3) is 0 Å². The first-order valence-electron chi connectivity index (χ1n) is 8.02. The van der Waals surface area contributed by atoms with E-state index < -0.39 is 0 Å². The van der Waals surface area contributed by atoms with Crippen molar-refractivity contribution in [2.24, 2.45) is 0 Å². The Balaban J connectivity index is 3.26. The van der Waals surface area contributed by atoms with Crippen LogP contribution in [-0.4, -0.2) is 25.2 Å². The first-order valence-corrected chi connectivity index (χ1v) is 8.02. The quantitative estimate of drug-likeness (QED) is 0.379. The zero-order chi connectivity index (χ0) is 15.1. The van der Waals surface area contributed by atoms with Crippen molar-refractivity contribution >= 4 is 11.9 Å². The van der Waals surface area contributed by atoms with Crippen molar-refractivity contribution in [3.8, 4) is 0 Å². The maximum Gasteiger partial charge on any atom is 0.305 e. The van der Waals surface area contributed by atoms with Crippen LogP contribution in [0.1, 0.15) is 78.1 Å². The van der Waals surface area contributed by atoms with Gasteiger partial charge in [0, 0.05) is 12.8 Å². The molecule has 0 radical (unpaired) electrons. The molecule has 0 fully saturated rings. The van der Waals surface area contributed by atoms with Crippen LogP contribution >= 0.6 is 0 Å². The minimum atomic E-state index is -0.243. The van der Waals surface area contributed by atoms with Crippen LogP contribution in [0.2, 0.25) is 0 Å². The van der Waals surface area contributed by atoms with Crippen LogP contribution in [0.15, 0.2) is 0 Å². The van der Waals surface area contributed by atoms with Gasteiger partial charge in [0.15, 0.2) is 0 Å². The molecule has 0 saturated heterocycles. The fourth-order valence-corrected chi connectivity index (χ4v) is 1.93. The van der Waals surface area contributed by atoms with Crippen LogP contribution in [0.5, 0.6) is 0 Å². The van der Waals surface area contributed by atoms with Gasteiger partial charge in [-0.2, -0.15) is 0 Å². The third-order valence-electron chi connectivity index (χ3n) is 3.08. The summed E-state index contributed by atoms with van der Waals surface area (Å²) in [7, 11) is 0. The number of hydrogen-bond donors (Lipinski definition) is 0. The van der Waals surface area contributed by atoms with Crippen LogP contribution in [0.4, 0.5) is 0 Å². The Morgan fingerprint density at radius 3 is 1.85 bits per heavy atom. The second-order valence-electron chi connectivity index (χ2n) is 5.00. The normalized spacial score (nSPS) is 10.3. The van der Waals surface area contributed by atoms with Crippen LogP contribution in [0.3, 0.4) is 0 Å². The summed E-state index contributed by atoms with van der Waals surface area (Å²) in [6, 6.07) is 0. The van der Waals surface area contributed by atoms with E-state index in [0.717, 1.165) is 12.8 Å². The highest BCUT2D eigenvalue weighted by Crippen LogP contribution is 2.07. The van der Waals surface area contributed by atoms with Crippen molar-refractivity contribution < 1.29 is 19.1 Å². The third-order valence-corrected chi connectivity index (χ3v) is 3.08. The van der Waals surface area contributed by atoms with Crippen molar-refractivity contribution in [1.29, 1.82) is 0 Å². The molecule has 4 heteroatoms. The molecule has 118 valence electrons. The maximum atomic E-state index is 11.4. The van der Waals surface area contributed by atoms with E-state index in [1.54, 1.807) is 6.92 Å². The van der Waals surface area contributed by atoms with E-state index in [1.807, 2.05) is 0 Å². The molecule has 20 heavy (non-hydrogen) atoms. The third kappa shape index (κ3) is 13.4. The average molecular weight is 286 g/mol. The molecule has 0 aromatic rings. The molecule has 0 spiro atoms. The molecule has 0 aromatic carbocycles. The Morgan fingerprint density at radius 1 is 0.700 bits per heavy atom. The van der Waals surface area contributed by atoms with E-state index in [9.17, 15) is 9.59 Å². The fourth-order valence-electron chi connectivity index (χ4n) is 1.93. The summed E-state index contributed by atoms with van der Waals surface area (Å²) in [5.74, 6) is -0.451. The van der Waals surface area contributed by atoms with Gasteiger partial charge < -0.3 is 9.47 Å². The molecule has 0 bridgehead atoms. The maximum absolute atomic E-state index is 11.4. The molecule has 0 aliphatic carbocycles. The van der Waals surface area contributed by atoms with Crippen molar-refractivity contribution in [2.75, 3.05) is 13.2 Å². The molecule has 4 nitrogen and oxygen atoms in total. The smallest absolute Gasteiger partial charge is 0.305 e. The Hall–Kier alpha value is -1.06. The summed E-state index contributed by atoms with van der Waals surface area (Å²) < 4.78 is 9.91. The van der Waals surface area contributed by atoms with Gasteiger partial charge in [-0.1, -0.05) is 45.4 Å². The Morgan fingerprint density at radius 2 is 1.25 bits per heavy atom. The number of rotatable bonds is 13. The highest BCUT2D eigenvalue weighted by Gasteiger charge is 2.06. The lowest BCUT2D eigenvalue weighted by atomic mass is 10.1. The summed E-state index contributed by atoms with van der Waals surface area (Å²) >= 11 is 0. The first-order chi connectivity index (χ1) is 9.70. The fraction of sp³-hybridized carbons (Fsp3) is 0.875. The van der Waals surface area contributed by atoms with Crippen LogP contribution < -0.4 is 0 Å². The van der Waals surface area contributed by atoms with Crippen LogP contribution in [0, 0.1) is 0 Å². The summed E-state index contributed by atoms with van der Waals surface area (Å²) in [6.07, 6.45) is 9.56. The molecule has 0 aliphatic heterocycles. The van der Waals surface area contributed by atoms with E-state index in [-0.39, 0.29) is 11.9 Å². The van der Waals surface area contributed by atoms with Crippen molar-refractivity contribution in [3.05, 3.63) is 0 Å². The number of carbonyl (C=O) groups is 2. The van der Waals surface area contributed by atoms with Crippen molar-refractivity contribution in [2.45, 2.75) is 78.1 Å². The monoisotopic (exact) mass is 286 g/mol. The SMILES string of the molecule is CCCCCCCCCOC(=O)CCCC(=O)OCC. The predicted octanol–water partition coefficient (Wildman–Crippen LogP) is 4.01. The number of ether oxygens (including phenoxy) is 2. The van der Waals surface area contributed by atoms with Gasteiger partial charge in [0.2, 0.25) is 0 Å². The molecule has 0 atom stereocenters. The van der Waals surface area contributed by atoms with Gasteiger partial charge in [0.1, 0.15) is 0 Å². The van der Waals surface area contributed by atoms with Crippen molar-refractivity contribution in [3.63, 3.8) is 0 Å². The molecular weight excluding hydrogens is 256 g/mol. The van der Waals surface area contributed by atoms with E-state index in [0.29, 0.717) is 32.5 Å². The lowest BCUT2D eigenvalue weighted by Crippen LogP contribution is -2.08. The summed E-state index contributed by atoms with van der Waals surface area (Å²) in [5, 5.41) is 0. The summed E-state index contributed by atoms with van der Waals surface area (Å²) in [6.45, 7) is 4.88. The molecule has 0 saturated carbocycles. The lowest BCUT2D eigenvalue weighted by molar-refractivity contribution is -0.145. The van der Waals surface area contributed by atoms with Gasteiger partial charge in [-0.05, 0) is 19.8 Å². The minimum Gasteiger partial charge on any atom is -0.466 e. The topological polar surface area (TPSA) is 52.6 Å². The Bertz CT molecular complexity index is 251. The molecule has 0 rings (SSSR count). The van der Waals surface area contributed by atoms with Gasteiger partial charge >= 0.3 is 11.9 Å². The molecule has 0 heterocycles. The van der Waals surface area contributed by atoms with E-state index in [4.69, 9.17) is 9.47 Å². The van der Waals surface area contributed by atoms with E-state index >= 15 is 0 Å². The summed E-state index contributed by atoms with van der Waals surface area (Å²) in [5.41, 5.74) is 0. The van der Waals surface area contributed by atoms with Gasteiger partial charge in [-0.25, -0.2) is 0 Å². The van der Waals surface area contributed by atoms with Gasteiger partial charge in [-0.15, -0.1) is 0 Å². The predicted molar refractivity (Wildman–Crippen MR) is 79.4 cm³/mol. The molecular formula is C16H30O4. The zero-order valence-electron chi connectivity index (χ0n) is 13.1. The highest BCUT2D eigenvalue weighted by atomic mass is 16.5. The van der Waals surface area contributed by atoms with E-state index in [2.05, 4.69) is 6.92 Å². The minimum absolute atomic E-state index is 0.208. The molecule has 0 amide bonds. The average Bonchev–Trinajstić information content (AvgIpc) is 2.42. The first kappa shape index (κ1) is 18.9. The largest absolute Gasteiger partial charge is 0.466 e. The zero-order valence-corrected chi connectivity index (χ0v) is 13.1. The van der Waals surface area contributed by atoms with Crippen molar-refractivity contribution in [1.82, 2.24) is 0 Å². The number of hydrogen-bond acceptors (Lipinski definition) is 4. The second kappa shape index (κ2) is 14.4. The summed E-state index contributed by atoms with van der Waals surface area (Å²) in [4.78, 5) is 22.4. The molecule has 0 N–H and O–H groups in total. The molecule has 0 aromatic heterocycles. The highest BCUT2D eigenvalue weighted by molar-refractivity contribution is 5.72. The standard InChI is InChI=1S/C16H30O4/c1-3-5-6-7-8-9-10-14-20-16(18)13-11-12-15(17)19-4-2/h3-14H2,1-2H3. The van der Waals surface area contributed by atoms with Gasteiger partial charge in [0.05, 0.1) is 13.2 Å². The second-order valence-corrected chi connectivity index (χ2v) is 5.00. The van der Waals surface area contributed by atoms with E-state index in [1.165, 1.54) is 32.1 Å². The number of unbranched alkanes of at least 4 members (excludes halogenated alkanes) is 6. The number of esters is 2. The van der Waals surface area contributed by atoms with Gasteiger partial charge in [-0.3, -0.25) is 9.59 Å². The Kier molecular flexibility index (Phi) is 13.6. The van der Waals surface area contributed by atoms with Crippen LogP contribution in [0.25, 0.3) is 0 Å². The lowest BCUT2D eigenvalue weighted by Gasteiger charge is -2.05. The molecule has 0 unspecified atom stereocenters. The number of carbonyl (C=O) groups excluding carboxylic acids is 2. The molecule has 0 aliphatic rings. The van der Waals surface area contributed by atoms with Crippen LogP contribution in [-0.2, 0) is 19.1 Å². The Labute approximate surface area is 123 Å².